The Morgan fingerprint density at radius 3 is 2.38 bits per heavy atom. The average Bonchev–Trinajstić information content (AvgIpc) is 3.01. The number of hydrogen-bond acceptors (Lipinski definition) is 6. The van der Waals surface area contributed by atoms with Gasteiger partial charge < -0.3 is 20.1 Å². The predicted molar refractivity (Wildman–Crippen MR) is 163 cm³/mol. The van der Waals surface area contributed by atoms with Crippen LogP contribution in [0.25, 0.3) is 0 Å². The summed E-state index contributed by atoms with van der Waals surface area (Å²) in [7, 11) is 1.54. The van der Waals surface area contributed by atoms with Crippen molar-refractivity contribution < 1.29 is 23.9 Å². The number of carbonyl (C=O) groups excluding carboxylic acids is 3. The fourth-order valence-electron chi connectivity index (χ4n) is 5.27. The summed E-state index contributed by atoms with van der Waals surface area (Å²) >= 11 is 0. The molecule has 2 aromatic carbocycles. The third kappa shape index (κ3) is 8.31. The number of nitrogens with zero attached hydrogens (tertiary/aromatic N) is 2. The van der Waals surface area contributed by atoms with Crippen LogP contribution in [0, 0.1) is 0 Å². The highest BCUT2D eigenvalue weighted by molar-refractivity contribution is 6.02. The van der Waals surface area contributed by atoms with Crippen LogP contribution in [-0.2, 0) is 14.4 Å². The normalized spacial score (nSPS) is 14.0. The molecule has 0 radical (unpaired) electrons. The molecule has 3 aromatic rings. The highest BCUT2D eigenvalue weighted by Crippen LogP contribution is 2.36. The summed E-state index contributed by atoms with van der Waals surface area (Å²) in [6, 6.07) is 18.8. The smallest absolute Gasteiger partial charge is 0.248 e. The number of benzene rings is 2. The first kappa shape index (κ1) is 30.6. The summed E-state index contributed by atoms with van der Waals surface area (Å²) in [5.41, 5.74) is 1.14. The van der Waals surface area contributed by atoms with Crippen LogP contribution >= 0.6 is 0 Å². The van der Waals surface area contributed by atoms with Crippen molar-refractivity contribution in [3.05, 3.63) is 78.5 Å². The minimum Gasteiger partial charge on any atom is -0.495 e. The number of rotatable bonds is 13. The van der Waals surface area contributed by atoms with Crippen LogP contribution < -0.4 is 25.0 Å². The topological polar surface area (TPSA) is 110 Å². The number of carbonyl (C=O) groups is 3. The fourth-order valence-corrected chi connectivity index (χ4v) is 5.27. The Kier molecular flexibility index (Phi) is 11.3. The minimum absolute atomic E-state index is 0.0535. The molecule has 1 aromatic heterocycles. The molecule has 42 heavy (non-hydrogen) atoms. The maximum atomic E-state index is 14.1. The number of methoxy groups -OCH3 is 1. The van der Waals surface area contributed by atoms with Crippen LogP contribution in [0.3, 0.4) is 0 Å². The largest absolute Gasteiger partial charge is 0.495 e. The van der Waals surface area contributed by atoms with Crippen LogP contribution in [0.2, 0.25) is 0 Å². The molecular weight excluding hydrogens is 532 g/mol. The van der Waals surface area contributed by atoms with Gasteiger partial charge in [0.15, 0.2) is 0 Å². The number of para-hydroxylation sites is 2. The maximum absolute atomic E-state index is 14.1. The molecule has 1 aliphatic carbocycles. The van der Waals surface area contributed by atoms with Crippen LogP contribution in [0.5, 0.6) is 11.5 Å². The zero-order chi connectivity index (χ0) is 29.7. The molecule has 222 valence electrons. The molecule has 0 bridgehead atoms. The van der Waals surface area contributed by atoms with E-state index in [-0.39, 0.29) is 36.6 Å². The molecule has 1 atom stereocenters. The highest BCUT2D eigenvalue weighted by atomic mass is 16.5. The molecular formula is C33H40N4O5. The lowest BCUT2D eigenvalue weighted by Crippen LogP contribution is -2.47. The Balaban J connectivity index is 1.62. The van der Waals surface area contributed by atoms with Gasteiger partial charge in [-0.1, -0.05) is 49.6 Å². The Morgan fingerprint density at radius 1 is 0.952 bits per heavy atom. The molecule has 0 spiro atoms. The zero-order valence-corrected chi connectivity index (χ0v) is 24.4. The van der Waals surface area contributed by atoms with Crippen LogP contribution in [0.4, 0.5) is 11.5 Å². The SMILES string of the molecule is CCOc1ccc(C(C(=O)NC2CCCCC2)N(C(=O)CCCC(=O)Nc2ccccn2)c2ccccc2OC)cc1. The minimum atomic E-state index is -0.950. The van der Waals surface area contributed by atoms with Crippen molar-refractivity contribution >= 4 is 29.2 Å². The molecule has 9 heteroatoms. The lowest BCUT2D eigenvalue weighted by atomic mass is 9.94. The van der Waals surface area contributed by atoms with Crippen molar-refractivity contribution in [2.45, 2.75) is 70.4 Å². The van der Waals surface area contributed by atoms with E-state index in [0.29, 0.717) is 41.6 Å². The van der Waals surface area contributed by atoms with Gasteiger partial charge >= 0.3 is 0 Å². The predicted octanol–water partition coefficient (Wildman–Crippen LogP) is 5.82. The molecule has 0 saturated heterocycles. The number of anilines is 2. The van der Waals surface area contributed by atoms with Crippen molar-refractivity contribution in [1.82, 2.24) is 10.3 Å². The standard InChI is InChI=1S/C33H40N4O5/c1-3-42-26-21-19-24(20-22-26)32(33(40)35-25-12-5-4-6-13-25)37(27-14-7-8-15-28(27)41-2)31(39)18-11-17-30(38)36-29-16-9-10-23-34-29/h7-10,14-16,19-23,25,32H,3-6,11-13,17-18H2,1-2H3,(H,35,40)(H,34,36,38). The molecule has 3 amide bonds. The van der Waals surface area contributed by atoms with Gasteiger partial charge in [-0.25, -0.2) is 4.98 Å². The Morgan fingerprint density at radius 2 is 1.69 bits per heavy atom. The summed E-state index contributed by atoms with van der Waals surface area (Å²) in [5.74, 6) is 0.839. The maximum Gasteiger partial charge on any atom is 0.248 e. The summed E-state index contributed by atoms with van der Waals surface area (Å²) in [4.78, 5) is 46.3. The van der Waals surface area contributed by atoms with Gasteiger partial charge in [0.05, 0.1) is 19.4 Å². The van der Waals surface area contributed by atoms with Gasteiger partial charge in [-0.2, -0.15) is 0 Å². The summed E-state index contributed by atoms with van der Waals surface area (Å²) in [5, 5.41) is 5.98. The lowest BCUT2D eigenvalue weighted by molar-refractivity contribution is -0.127. The first-order valence-electron chi connectivity index (χ1n) is 14.7. The van der Waals surface area contributed by atoms with Crippen molar-refractivity contribution in [1.29, 1.82) is 0 Å². The summed E-state index contributed by atoms with van der Waals surface area (Å²) in [6.45, 7) is 2.43. The van der Waals surface area contributed by atoms with E-state index in [1.165, 1.54) is 12.0 Å². The van der Waals surface area contributed by atoms with Crippen molar-refractivity contribution in [2.75, 3.05) is 23.9 Å². The number of nitrogens with one attached hydrogen (secondary N) is 2. The Bertz CT molecular complexity index is 1310. The molecule has 9 nitrogen and oxygen atoms in total. The van der Waals surface area contributed by atoms with Crippen LogP contribution in [-0.4, -0.2) is 42.5 Å². The van der Waals surface area contributed by atoms with Gasteiger partial charge in [0.2, 0.25) is 17.7 Å². The molecule has 1 fully saturated rings. The van der Waals surface area contributed by atoms with E-state index >= 15 is 0 Å². The van der Waals surface area contributed by atoms with E-state index in [1.807, 2.05) is 43.3 Å². The van der Waals surface area contributed by atoms with Gasteiger partial charge in [-0.3, -0.25) is 19.3 Å². The third-order valence-electron chi connectivity index (χ3n) is 7.31. The second-order valence-electron chi connectivity index (χ2n) is 10.3. The lowest BCUT2D eigenvalue weighted by Gasteiger charge is -2.34. The van der Waals surface area contributed by atoms with Crippen molar-refractivity contribution in [2.24, 2.45) is 0 Å². The summed E-state index contributed by atoms with van der Waals surface area (Å²) in [6.07, 6.45) is 7.19. The monoisotopic (exact) mass is 572 g/mol. The number of hydrogen-bond donors (Lipinski definition) is 2. The molecule has 2 N–H and O–H groups in total. The third-order valence-corrected chi connectivity index (χ3v) is 7.31. The van der Waals surface area contributed by atoms with Crippen LogP contribution in [0.1, 0.15) is 69.9 Å². The van der Waals surface area contributed by atoms with E-state index in [4.69, 9.17) is 9.47 Å². The quantitative estimate of drug-likeness (QED) is 0.267. The molecule has 1 saturated carbocycles. The van der Waals surface area contributed by atoms with E-state index < -0.39 is 6.04 Å². The molecule has 1 heterocycles. The van der Waals surface area contributed by atoms with Crippen molar-refractivity contribution in [3.8, 4) is 11.5 Å². The van der Waals surface area contributed by atoms with E-state index in [9.17, 15) is 14.4 Å². The van der Waals surface area contributed by atoms with E-state index in [1.54, 1.807) is 36.5 Å². The first-order valence-corrected chi connectivity index (χ1v) is 14.7. The molecule has 1 aliphatic rings. The number of ether oxygens (including phenoxy) is 2. The Labute approximate surface area is 247 Å². The van der Waals surface area contributed by atoms with E-state index in [2.05, 4.69) is 15.6 Å². The molecule has 0 aliphatic heterocycles. The van der Waals surface area contributed by atoms with Gasteiger partial charge in [-0.15, -0.1) is 0 Å². The Hall–Kier alpha value is -4.40. The number of pyridine rings is 1. The van der Waals surface area contributed by atoms with Gasteiger partial charge in [0.1, 0.15) is 23.4 Å². The first-order chi connectivity index (χ1) is 20.5. The van der Waals surface area contributed by atoms with Gasteiger partial charge in [0, 0.05) is 25.1 Å². The fraction of sp³-hybridized carbons (Fsp3) is 0.394. The van der Waals surface area contributed by atoms with Crippen LogP contribution in [0.15, 0.2) is 72.9 Å². The highest BCUT2D eigenvalue weighted by Gasteiger charge is 2.35. The second kappa shape index (κ2) is 15.6. The van der Waals surface area contributed by atoms with Crippen molar-refractivity contribution in [3.63, 3.8) is 0 Å². The second-order valence-corrected chi connectivity index (χ2v) is 10.3. The number of aromatic nitrogens is 1. The summed E-state index contributed by atoms with van der Waals surface area (Å²) < 4.78 is 11.3. The molecule has 4 rings (SSSR count). The van der Waals surface area contributed by atoms with Gasteiger partial charge in [0.25, 0.3) is 0 Å². The average molecular weight is 573 g/mol. The molecule has 1 unspecified atom stereocenters. The van der Waals surface area contributed by atoms with Gasteiger partial charge in [-0.05, 0) is 68.1 Å². The van der Waals surface area contributed by atoms with E-state index in [0.717, 1.165) is 32.1 Å². The zero-order valence-electron chi connectivity index (χ0n) is 24.4. The number of amides is 3.